The summed E-state index contributed by atoms with van der Waals surface area (Å²) in [4.78, 5) is 31.8. The van der Waals surface area contributed by atoms with Crippen molar-refractivity contribution in [2.24, 2.45) is 4.99 Å². The van der Waals surface area contributed by atoms with Crippen LogP contribution in [0, 0.1) is 0 Å². The second kappa shape index (κ2) is 13.7. The highest BCUT2D eigenvalue weighted by Crippen LogP contribution is 2.45. The number of benzene rings is 2. The minimum Gasteiger partial charge on any atom is -0.477 e. The molecule has 246 valence electrons. The Morgan fingerprint density at radius 3 is 2.11 bits per heavy atom. The molecule has 2 aromatic carbocycles. The van der Waals surface area contributed by atoms with Crippen LogP contribution in [0.5, 0.6) is 5.88 Å². The number of piperazine rings is 1. The van der Waals surface area contributed by atoms with E-state index in [2.05, 4.69) is 9.97 Å². The second-order valence-corrected chi connectivity index (χ2v) is 14.0. The first-order chi connectivity index (χ1) is 21.7. The van der Waals surface area contributed by atoms with Crippen molar-refractivity contribution >= 4 is 44.9 Å². The van der Waals surface area contributed by atoms with E-state index in [1.807, 2.05) is 4.90 Å². The number of halogens is 5. The monoisotopic (exact) mass is 698 g/mol. The Morgan fingerprint density at radius 2 is 1.57 bits per heavy atom. The molecular weight excluding hydrogens is 668 g/mol. The average Bonchev–Trinajstić information content (AvgIpc) is 3.40. The summed E-state index contributed by atoms with van der Waals surface area (Å²) in [5.41, 5.74) is 1.40. The van der Waals surface area contributed by atoms with Crippen LogP contribution in [-0.2, 0) is 16.0 Å². The summed E-state index contributed by atoms with van der Waals surface area (Å²) in [5, 5.41) is 0.967. The van der Waals surface area contributed by atoms with E-state index < -0.39 is 40.0 Å². The van der Waals surface area contributed by atoms with E-state index in [9.17, 15) is 26.4 Å². The van der Waals surface area contributed by atoms with Gasteiger partial charge in [0.05, 0.1) is 24.0 Å². The van der Waals surface area contributed by atoms with Crippen molar-refractivity contribution < 1.29 is 31.1 Å². The van der Waals surface area contributed by atoms with Crippen LogP contribution < -0.4 is 4.74 Å². The number of rotatable bonds is 8. The molecular formula is C30H31Cl2F3N6O4S. The number of amidine groups is 1. The zero-order chi connectivity index (χ0) is 33.2. The zero-order valence-electron chi connectivity index (χ0n) is 24.9. The summed E-state index contributed by atoms with van der Waals surface area (Å²) in [6.07, 6.45) is -2.67. The van der Waals surface area contributed by atoms with Gasteiger partial charge in [0.15, 0.2) is 0 Å². The van der Waals surface area contributed by atoms with Gasteiger partial charge in [-0.15, -0.1) is 0 Å². The Hall–Kier alpha value is -3.46. The Kier molecular flexibility index (Phi) is 10.1. The quantitative estimate of drug-likeness (QED) is 0.305. The standard InChI is InChI=1S/C30H31Cl2F3N6O4S/c1-3-45-27-23(18-36-28(38-27)30(33,34)35)26-37-24(19-4-8-21(31)9-5-19)25(20-6-10-22(32)11-7-20)41(26)29(42)40-14-12-39(13-15-40)16-17-46(2,43)44/h4-11,18,24-25H,3,12-17H2,1-2H3/t24-,25+/m0/s1. The largest absolute Gasteiger partial charge is 0.477 e. The van der Waals surface area contributed by atoms with Crippen molar-refractivity contribution in [3.63, 3.8) is 0 Å². The number of carbonyl (C=O) groups is 1. The van der Waals surface area contributed by atoms with E-state index in [1.165, 1.54) is 11.2 Å². The van der Waals surface area contributed by atoms with Gasteiger partial charge in [-0.25, -0.2) is 18.2 Å². The zero-order valence-corrected chi connectivity index (χ0v) is 27.2. The molecule has 2 aliphatic heterocycles. The van der Waals surface area contributed by atoms with E-state index in [0.717, 1.165) is 6.20 Å². The molecule has 0 bridgehead atoms. The molecule has 3 aromatic rings. The van der Waals surface area contributed by atoms with Gasteiger partial charge in [-0.2, -0.15) is 18.2 Å². The van der Waals surface area contributed by atoms with Crippen LogP contribution in [0.15, 0.2) is 59.7 Å². The van der Waals surface area contributed by atoms with Crippen molar-refractivity contribution in [3.8, 4) is 5.88 Å². The molecule has 2 amide bonds. The third-order valence-corrected chi connectivity index (χ3v) is 9.07. The maximum absolute atomic E-state index is 14.5. The third kappa shape index (κ3) is 7.73. The lowest BCUT2D eigenvalue weighted by atomic mass is 9.94. The number of aliphatic imine (C=N–C) groups is 1. The first kappa shape index (κ1) is 33.9. The van der Waals surface area contributed by atoms with Crippen LogP contribution >= 0.6 is 23.2 Å². The molecule has 1 fully saturated rings. The van der Waals surface area contributed by atoms with Gasteiger partial charge in [0.2, 0.25) is 11.7 Å². The van der Waals surface area contributed by atoms with Gasteiger partial charge in [0.25, 0.3) is 0 Å². The number of aromatic nitrogens is 2. The highest BCUT2D eigenvalue weighted by molar-refractivity contribution is 7.90. The summed E-state index contributed by atoms with van der Waals surface area (Å²) >= 11 is 12.4. The van der Waals surface area contributed by atoms with Crippen molar-refractivity contribution in [1.29, 1.82) is 0 Å². The van der Waals surface area contributed by atoms with E-state index >= 15 is 0 Å². The number of alkyl halides is 3. The van der Waals surface area contributed by atoms with Crippen LogP contribution in [0.2, 0.25) is 10.0 Å². The SMILES string of the molecule is CCOc1nc(C(F)(F)F)ncc1C1=N[C@@H](c2ccc(Cl)cc2)[C@@H](c2ccc(Cl)cc2)N1C(=O)N1CCN(CCS(C)(=O)=O)CC1. The fourth-order valence-electron chi connectivity index (χ4n) is 5.37. The maximum atomic E-state index is 14.5. The Morgan fingerprint density at radius 1 is 0.978 bits per heavy atom. The van der Waals surface area contributed by atoms with Gasteiger partial charge in [-0.05, 0) is 42.3 Å². The van der Waals surface area contributed by atoms with Crippen molar-refractivity contribution in [3.05, 3.63) is 87.3 Å². The average molecular weight is 700 g/mol. The van der Waals surface area contributed by atoms with Gasteiger partial charge in [0, 0.05) is 55.2 Å². The van der Waals surface area contributed by atoms with Crippen LogP contribution in [0.3, 0.4) is 0 Å². The molecule has 2 aliphatic rings. The van der Waals surface area contributed by atoms with Gasteiger partial charge in [0.1, 0.15) is 21.7 Å². The van der Waals surface area contributed by atoms with Gasteiger partial charge in [-0.1, -0.05) is 47.5 Å². The predicted molar refractivity (Wildman–Crippen MR) is 168 cm³/mol. The Labute approximate surface area is 274 Å². The molecule has 10 nitrogen and oxygen atoms in total. The topological polar surface area (TPSA) is 108 Å². The fraction of sp³-hybridized carbons (Fsp3) is 0.400. The van der Waals surface area contributed by atoms with Crippen LogP contribution in [0.4, 0.5) is 18.0 Å². The molecule has 5 rings (SSSR count). The second-order valence-electron chi connectivity index (χ2n) is 10.9. The minimum atomic E-state index is -4.83. The highest BCUT2D eigenvalue weighted by atomic mass is 35.5. The van der Waals surface area contributed by atoms with E-state index in [0.29, 0.717) is 40.8 Å². The summed E-state index contributed by atoms with van der Waals surface area (Å²) in [5.74, 6) is -1.70. The van der Waals surface area contributed by atoms with Gasteiger partial charge >= 0.3 is 12.2 Å². The minimum absolute atomic E-state index is 0.000579. The number of carbonyl (C=O) groups excluding carboxylic acids is 1. The molecule has 1 saturated heterocycles. The van der Waals surface area contributed by atoms with Crippen LogP contribution in [0.1, 0.15) is 41.5 Å². The normalized spacial score (nSPS) is 19.3. The fourth-order valence-corrected chi connectivity index (χ4v) is 6.21. The van der Waals surface area contributed by atoms with Gasteiger partial charge in [-0.3, -0.25) is 14.8 Å². The van der Waals surface area contributed by atoms with E-state index in [-0.39, 0.29) is 42.7 Å². The number of hydrogen-bond acceptors (Lipinski definition) is 8. The summed E-state index contributed by atoms with van der Waals surface area (Å²) in [7, 11) is -3.16. The predicted octanol–water partition coefficient (Wildman–Crippen LogP) is 5.53. The molecule has 0 unspecified atom stereocenters. The highest BCUT2D eigenvalue weighted by Gasteiger charge is 2.46. The molecule has 0 saturated carbocycles. The van der Waals surface area contributed by atoms with Crippen molar-refractivity contribution in [1.82, 2.24) is 24.7 Å². The molecule has 16 heteroatoms. The molecule has 0 N–H and O–H groups in total. The Balaban J connectivity index is 1.60. The van der Waals surface area contributed by atoms with Crippen molar-refractivity contribution in [2.75, 3.05) is 51.3 Å². The number of hydrogen-bond donors (Lipinski definition) is 0. The third-order valence-electron chi connectivity index (χ3n) is 7.65. The lowest BCUT2D eigenvalue weighted by Crippen LogP contribution is -2.54. The van der Waals surface area contributed by atoms with Crippen LogP contribution in [-0.4, -0.2) is 96.3 Å². The number of ether oxygens (including phenoxy) is 1. The summed E-state index contributed by atoms with van der Waals surface area (Å²) < 4.78 is 69.8. The van der Waals surface area contributed by atoms with Crippen LogP contribution in [0.25, 0.3) is 0 Å². The number of nitrogens with zero attached hydrogens (tertiary/aromatic N) is 6. The summed E-state index contributed by atoms with van der Waals surface area (Å²) in [6, 6.07) is 11.9. The molecule has 2 atom stereocenters. The molecule has 0 radical (unpaired) electrons. The van der Waals surface area contributed by atoms with E-state index in [1.54, 1.807) is 60.4 Å². The number of urea groups is 1. The lowest BCUT2D eigenvalue weighted by molar-refractivity contribution is -0.145. The lowest BCUT2D eigenvalue weighted by Gasteiger charge is -2.39. The first-order valence-electron chi connectivity index (χ1n) is 14.4. The maximum Gasteiger partial charge on any atom is 0.451 e. The molecule has 1 aromatic heterocycles. The smallest absolute Gasteiger partial charge is 0.451 e. The molecule has 46 heavy (non-hydrogen) atoms. The first-order valence-corrected chi connectivity index (χ1v) is 17.2. The molecule has 0 aliphatic carbocycles. The summed E-state index contributed by atoms with van der Waals surface area (Å²) in [6.45, 7) is 3.38. The number of sulfone groups is 1. The molecule has 0 spiro atoms. The van der Waals surface area contributed by atoms with E-state index in [4.69, 9.17) is 32.9 Å². The Bertz CT molecular complexity index is 1700. The number of amides is 2. The van der Waals surface area contributed by atoms with Crippen molar-refractivity contribution in [2.45, 2.75) is 25.2 Å². The molecule has 3 heterocycles. The van der Waals surface area contributed by atoms with Gasteiger partial charge < -0.3 is 9.64 Å².